The maximum absolute atomic E-state index is 13.6. The molecule has 0 amide bonds. The van der Waals surface area contributed by atoms with Crippen LogP contribution in [0.4, 0.5) is 13.2 Å². The molecule has 0 saturated carbocycles. The largest absolute Gasteiger partial charge is 0.467 e. The molecule has 4 rings (SSSR count). The molecular formula is C18H13F3N4O2S. The fourth-order valence-corrected chi connectivity index (χ4v) is 3.67. The highest BCUT2D eigenvalue weighted by Gasteiger charge is 2.39. The van der Waals surface area contributed by atoms with Crippen LogP contribution in [0.3, 0.4) is 0 Å². The molecule has 4 aromatic rings. The number of alkyl halides is 3. The Kier molecular flexibility index (Phi) is 4.42. The molecule has 0 unspecified atom stereocenters. The van der Waals surface area contributed by atoms with E-state index in [0.717, 1.165) is 20.7 Å². The maximum atomic E-state index is 13.6. The van der Waals surface area contributed by atoms with Crippen LogP contribution in [0.1, 0.15) is 23.9 Å². The molecule has 0 spiro atoms. The van der Waals surface area contributed by atoms with Gasteiger partial charge in [-0.15, -0.1) is 0 Å². The van der Waals surface area contributed by atoms with E-state index >= 15 is 0 Å². The van der Waals surface area contributed by atoms with Gasteiger partial charge in [-0.05, 0) is 31.2 Å². The smallest absolute Gasteiger partial charge is 0.433 e. The van der Waals surface area contributed by atoms with Crippen molar-refractivity contribution >= 4 is 27.3 Å². The molecule has 0 aliphatic heterocycles. The Hall–Kier alpha value is -3.14. The zero-order valence-corrected chi connectivity index (χ0v) is 15.3. The molecule has 0 bridgehead atoms. The monoisotopic (exact) mass is 406 g/mol. The number of fused-ring (bicyclic) bond motifs is 1. The van der Waals surface area contributed by atoms with Gasteiger partial charge in [0.25, 0.3) is 5.56 Å². The fraction of sp³-hybridized carbons (Fsp3) is 0.167. The molecule has 3 aromatic heterocycles. The Morgan fingerprint density at radius 3 is 2.75 bits per heavy atom. The summed E-state index contributed by atoms with van der Waals surface area (Å²) in [6.45, 7) is 1.40. The number of aromatic nitrogens is 3. The number of furan rings is 1. The number of nitrogens with zero attached hydrogens (tertiary/aromatic N) is 3. The summed E-state index contributed by atoms with van der Waals surface area (Å²) in [7, 11) is 0. The summed E-state index contributed by atoms with van der Waals surface area (Å²) in [4.78, 5) is 21.2. The molecular weight excluding hydrogens is 393 g/mol. The number of benzene rings is 1. The molecule has 0 saturated heterocycles. The number of halogens is 3. The van der Waals surface area contributed by atoms with Crippen molar-refractivity contribution in [1.82, 2.24) is 14.8 Å². The van der Waals surface area contributed by atoms with Crippen molar-refractivity contribution in [2.75, 3.05) is 0 Å². The molecule has 0 atom stereocenters. The second-order valence-electron chi connectivity index (χ2n) is 5.95. The lowest BCUT2D eigenvalue weighted by Crippen LogP contribution is -2.20. The Balaban J connectivity index is 1.83. The van der Waals surface area contributed by atoms with Crippen molar-refractivity contribution in [1.29, 1.82) is 0 Å². The highest BCUT2D eigenvalue weighted by atomic mass is 32.1. The molecule has 0 aliphatic carbocycles. The Morgan fingerprint density at radius 2 is 2.07 bits per heavy atom. The summed E-state index contributed by atoms with van der Waals surface area (Å²) >= 11 is 1.12. The second-order valence-corrected chi connectivity index (χ2v) is 6.95. The van der Waals surface area contributed by atoms with Crippen molar-refractivity contribution in [3.63, 3.8) is 0 Å². The first-order valence-corrected chi connectivity index (χ1v) is 8.98. The van der Waals surface area contributed by atoms with Gasteiger partial charge in [-0.25, -0.2) is 4.98 Å². The summed E-state index contributed by atoms with van der Waals surface area (Å²) in [5, 5.41) is 2.29. The van der Waals surface area contributed by atoms with E-state index < -0.39 is 23.0 Å². The van der Waals surface area contributed by atoms with Gasteiger partial charge in [-0.1, -0.05) is 23.5 Å². The maximum Gasteiger partial charge on any atom is 0.433 e. The minimum atomic E-state index is -4.75. The van der Waals surface area contributed by atoms with Crippen molar-refractivity contribution < 1.29 is 17.6 Å². The van der Waals surface area contributed by atoms with Crippen molar-refractivity contribution in [2.45, 2.75) is 19.6 Å². The Labute approximate surface area is 160 Å². The molecule has 0 radical (unpaired) electrons. The normalized spacial score (nSPS) is 12.8. The molecule has 144 valence electrons. The zero-order chi connectivity index (χ0) is 19.9. The van der Waals surface area contributed by atoms with Gasteiger partial charge >= 0.3 is 6.18 Å². The molecule has 0 fully saturated rings. The van der Waals surface area contributed by atoms with E-state index in [1.165, 1.54) is 13.2 Å². The summed E-state index contributed by atoms with van der Waals surface area (Å²) in [6, 6.07) is 10.4. The minimum Gasteiger partial charge on any atom is -0.467 e. The van der Waals surface area contributed by atoms with Gasteiger partial charge in [0.1, 0.15) is 5.76 Å². The number of aromatic amines is 1. The summed E-state index contributed by atoms with van der Waals surface area (Å²) < 4.78 is 47.4. The van der Waals surface area contributed by atoms with E-state index in [9.17, 15) is 18.0 Å². The predicted octanol–water partition coefficient (Wildman–Crippen LogP) is 4.40. The van der Waals surface area contributed by atoms with Crippen LogP contribution in [0.2, 0.25) is 0 Å². The molecule has 6 nitrogen and oxygen atoms in total. The van der Waals surface area contributed by atoms with Crippen LogP contribution in [0, 0.1) is 0 Å². The number of thiazole rings is 1. The number of nitrogens with one attached hydrogen (secondary N) is 1. The van der Waals surface area contributed by atoms with E-state index in [2.05, 4.69) is 15.1 Å². The van der Waals surface area contributed by atoms with E-state index in [-0.39, 0.29) is 17.4 Å². The first kappa shape index (κ1) is 18.2. The third-order valence-electron chi connectivity index (χ3n) is 4.06. The SMILES string of the molecule is CC(=NCc1ccco1)c1c(C(F)(F)F)[nH]n(-c2nc3ccccc3s2)c1=O. The van der Waals surface area contributed by atoms with Crippen molar-refractivity contribution in [3.8, 4) is 5.13 Å². The number of aliphatic imine (C=N–C) groups is 1. The van der Waals surface area contributed by atoms with Crippen LogP contribution in [0.5, 0.6) is 0 Å². The topological polar surface area (TPSA) is 76.2 Å². The fourth-order valence-electron chi connectivity index (χ4n) is 2.75. The molecule has 28 heavy (non-hydrogen) atoms. The molecule has 1 aromatic carbocycles. The van der Waals surface area contributed by atoms with Crippen LogP contribution in [0.25, 0.3) is 15.3 Å². The van der Waals surface area contributed by atoms with Crippen LogP contribution in [0.15, 0.2) is 56.9 Å². The lowest BCUT2D eigenvalue weighted by molar-refractivity contribution is -0.141. The number of para-hydroxylation sites is 1. The average molecular weight is 406 g/mol. The van der Waals surface area contributed by atoms with E-state index in [4.69, 9.17) is 4.42 Å². The summed E-state index contributed by atoms with van der Waals surface area (Å²) in [5.74, 6) is 0.481. The Morgan fingerprint density at radius 1 is 1.29 bits per heavy atom. The van der Waals surface area contributed by atoms with E-state index in [0.29, 0.717) is 11.3 Å². The summed E-state index contributed by atoms with van der Waals surface area (Å²) in [6.07, 6.45) is -3.31. The standard InChI is InChI=1S/C18H13F3N4O2S/c1-10(22-9-11-5-4-8-27-11)14-15(18(19,20)21)24-25(16(14)26)17-23-12-6-2-3-7-13(12)28-17/h2-8,24H,9H2,1H3. The van der Waals surface area contributed by atoms with Crippen LogP contribution >= 0.6 is 11.3 Å². The summed E-state index contributed by atoms with van der Waals surface area (Å²) in [5.41, 5.74) is -1.98. The predicted molar refractivity (Wildman–Crippen MR) is 99.2 cm³/mol. The quantitative estimate of drug-likeness (QED) is 0.511. The lowest BCUT2D eigenvalue weighted by atomic mass is 10.1. The highest BCUT2D eigenvalue weighted by Crippen LogP contribution is 2.31. The van der Waals surface area contributed by atoms with Crippen molar-refractivity contribution in [3.05, 3.63) is 70.0 Å². The van der Waals surface area contributed by atoms with Crippen molar-refractivity contribution in [2.24, 2.45) is 4.99 Å². The Bertz CT molecular complexity index is 1180. The number of hydrogen-bond donors (Lipinski definition) is 1. The number of hydrogen-bond acceptors (Lipinski definition) is 5. The first-order valence-electron chi connectivity index (χ1n) is 8.16. The van der Waals surface area contributed by atoms with Gasteiger partial charge in [-0.2, -0.15) is 17.9 Å². The number of H-pyrrole nitrogens is 1. The first-order chi connectivity index (χ1) is 13.3. The van der Waals surface area contributed by atoms with Gasteiger partial charge in [-0.3, -0.25) is 14.9 Å². The van der Waals surface area contributed by atoms with Crippen LogP contribution in [-0.4, -0.2) is 20.5 Å². The third-order valence-corrected chi connectivity index (χ3v) is 5.08. The minimum absolute atomic E-state index is 0.0297. The second kappa shape index (κ2) is 6.79. The van der Waals surface area contributed by atoms with Crippen LogP contribution in [-0.2, 0) is 12.7 Å². The van der Waals surface area contributed by atoms with Gasteiger partial charge in [0.15, 0.2) is 5.69 Å². The number of rotatable bonds is 4. The van der Waals surface area contributed by atoms with E-state index in [1.54, 1.807) is 36.4 Å². The molecule has 1 N–H and O–H groups in total. The van der Waals surface area contributed by atoms with Gasteiger partial charge in [0.05, 0.1) is 28.6 Å². The molecule has 0 aliphatic rings. The van der Waals surface area contributed by atoms with E-state index in [1.807, 2.05) is 0 Å². The molecule has 10 heteroatoms. The van der Waals surface area contributed by atoms with Gasteiger partial charge < -0.3 is 4.42 Å². The van der Waals surface area contributed by atoms with Crippen LogP contribution < -0.4 is 5.56 Å². The van der Waals surface area contributed by atoms with Gasteiger partial charge in [0, 0.05) is 5.71 Å². The zero-order valence-electron chi connectivity index (χ0n) is 14.4. The van der Waals surface area contributed by atoms with Gasteiger partial charge in [0.2, 0.25) is 5.13 Å². The third kappa shape index (κ3) is 3.26. The molecule has 3 heterocycles. The average Bonchev–Trinajstić information content (AvgIpc) is 3.36. The highest BCUT2D eigenvalue weighted by molar-refractivity contribution is 7.20. The lowest BCUT2D eigenvalue weighted by Gasteiger charge is -2.06.